The molecule has 2 fully saturated rings. The molecule has 6 heteroatoms. The molecule has 4 nitrogen and oxygen atoms in total. The number of halogens is 2. The van der Waals surface area contributed by atoms with Gasteiger partial charge in [-0.15, -0.1) is 0 Å². The lowest BCUT2D eigenvalue weighted by molar-refractivity contribution is -0.148. The number of hydrogen-bond donors (Lipinski definition) is 1. The van der Waals surface area contributed by atoms with Crippen molar-refractivity contribution in [3.8, 4) is 0 Å². The maximum absolute atomic E-state index is 11.9. The first-order valence-electron chi connectivity index (χ1n) is 7.92. The van der Waals surface area contributed by atoms with Crippen molar-refractivity contribution >= 4 is 40.8 Å². The van der Waals surface area contributed by atoms with E-state index in [0.29, 0.717) is 29.0 Å². The van der Waals surface area contributed by atoms with Crippen LogP contribution in [0.25, 0.3) is 0 Å². The van der Waals surface area contributed by atoms with Crippen LogP contribution in [0.5, 0.6) is 0 Å². The van der Waals surface area contributed by atoms with Crippen molar-refractivity contribution in [3.05, 3.63) is 28.2 Å². The number of anilines is 1. The van der Waals surface area contributed by atoms with Crippen molar-refractivity contribution in [3.63, 3.8) is 0 Å². The third-order valence-corrected chi connectivity index (χ3v) is 5.72. The third kappa shape index (κ3) is 3.99. The molecule has 0 heterocycles. The molecular formula is C17H19Cl2NO3. The minimum atomic E-state index is -0.421. The number of fused-ring (bicyclic) bond motifs is 2. The van der Waals surface area contributed by atoms with E-state index >= 15 is 0 Å². The summed E-state index contributed by atoms with van der Waals surface area (Å²) in [7, 11) is 0. The molecule has 2 bridgehead atoms. The van der Waals surface area contributed by atoms with Gasteiger partial charge in [-0.2, -0.15) is 0 Å². The first-order valence-corrected chi connectivity index (χ1v) is 8.68. The van der Waals surface area contributed by atoms with Crippen LogP contribution in [0.2, 0.25) is 10.0 Å². The molecular weight excluding hydrogens is 337 g/mol. The number of carbonyl (C=O) groups excluding carboxylic acids is 2. The summed E-state index contributed by atoms with van der Waals surface area (Å²) in [5, 5.41) is 3.23. The number of nitrogens with one attached hydrogen (secondary N) is 1. The van der Waals surface area contributed by atoms with Gasteiger partial charge in [-0.05, 0) is 49.1 Å². The van der Waals surface area contributed by atoms with Gasteiger partial charge in [0.2, 0.25) is 0 Å². The van der Waals surface area contributed by atoms with Gasteiger partial charge in [-0.1, -0.05) is 35.7 Å². The number of benzene rings is 1. The second-order valence-corrected chi connectivity index (χ2v) is 7.23. The highest BCUT2D eigenvalue weighted by atomic mass is 35.5. The Morgan fingerprint density at radius 3 is 2.74 bits per heavy atom. The monoisotopic (exact) mass is 355 g/mol. The molecule has 0 aromatic heterocycles. The Hall–Kier alpha value is -1.26. The molecule has 0 unspecified atom stereocenters. The second-order valence-electron chi connectivity index (χ2n) is 6.45. The standard InChI is InChI=1S/C17H19Cl2NO3/c18-13-2-1-3-14(17(13)19)20-15(21)9-23-16(22)8-12-7-10-4-5-11(12)6-10/h1-3,10-12H,4-9H2,(H,20,21)/t10-,11-,12+/m0/s1. The van der Waals surface area contributed by atoms with Gasteiger partial charge in [-0.3, -0.25) is 9.59 Å². The molecule has 1 aromatic carbocycles. The Bertz CT molecular complexity index is 620. The van der Waals surface area contributed by atoms with E-state index in [2.05, 4.69) is 5.32 Å². The molecule has 2 aliphatic rings. The molecule has 1 amide bonds. The Kier molecular flexibility index (Phi) is 5.12. The smallest absolute Gasteiger partial charge is 0.306 e. The fraction of sp³-hybridized carbons (Fsp3) is 0.529. The first-order chi connectivity index (χ1) is 11.0. The van der Waals surface area contributed by atoms with E-state index in [1.54, 1.807) is 18.2 Å². The molecule has 0 spiro atoms. The van der Waals surface area contributed by atoms with Crippen LogP contribution in [0.15, 0.2) is 18.2 Å². The van der Waals surface area contributed by atoms with Crippen LogP contribution in [-0.2, 0) is 14.3 Å². The number of rotatable bonds is 5. The Morgan fingerprint density at radius 1 is 1.22 bits per heavy atom. The lowest BCUT2D eigenvalue weighted by Crippen LogP contribution is -2.23. The average molecular weight is 356 g/mol. The van der Waals surface area contributed by atoms with Gasteiger partial charge in [0, 0.05) is 6.42 Å². The molecule has 2 saturated carbocycles. The SMILES string of the molecule is O=C(COC(=O)C[C@H]1C[C@H]2CC[C@H]1C2)Nc1cccc(Cl)c1Cl. The normalized spacial score (nSPS) is 25.4. The predicted molar refractivity (Wildman–Crippen MR) is 89.6 cm³/mol. The maximum Gasteiger partial charge on any atom is 0.306 e. The van der Waals surface area contributed by atoms with Crippen molar-refractivity contribution in [1.82, 2.24) is 0 Å². The zero-order chi connectivity index (χ0) is 16.4. The summed E-state index contributed by atoms with van der Waals surface area (Å²) in [6.45, 7) is -0.303. The number of ether oxygens (including phenoxy) is 1. The number of amides is 1. The van der Waals surface area contributed by atoms with Crippen molar-refractivity contribution in [2.75, 3.05) is 11.9 Å². The van der Waals surface area contributed by atoms with Gasteiger partial charge in [0.25, 0.3) is 5.91 Å². The molecule has 2 aliphatic carbocycles. The summed E-state index contributed by atoms with van der Waals surface area (Å²) in [5.74, 6) is 1.19. The van der Waals surface area contributed by atoms with E-state index in [-0.39, 0.29) is 17.6 Å². The Labute approximate surface area is 145 Å². The molecule has 0 radical (unpaired) electrons. The molecule has 0 saturated heterocycles. The molecule has 3 rings (SSSR count). The average Bonchev–Trinajstić information content (AvgIpc) is 3.12. The van der Waals surface area contributed by atoms with Gasteiger partial charge in [-0.25, -0.2) is 0 Å². The van der Waals surface area contributed by atoms with Gasteiger partial charge in [0.1, 0.15) is 0 Å². The van der Waals surface area contributed by atoms with Gasteiger partial charge in [0.15, 0.2) is 6.61 Å². The summed E-state index contributed by atoms with van der Waals surface area (Å²) in [6.07, 6.45) is 5.34. The topological polar surface area (TPSA) is 55.4 Å². The fourth-order valence-corrected chi connectivity index (χ4v) is 4.18. The van der Waals surface area contributed by atoms with Crippen LogP contribution in [0.4, 0.5) is 5.69 Å². The quantitative estimate of drug-likeness (QED) is 0.801. The molecule has 124 valence electrons. The molecule has 1 aromatic rings. The minimum absolute atomic E-state index is 0.274. The maximum atomic E-state index is 11.9. The van der Waals surface area contributed by atoms with E-state index in [4.69, 9.17) is 27.9 Å². The highest BCUT2D eigenvalue weighted by molar-refractivity contribution is 6.43. The van der Waals surface area contributed by atoms with Gasteiger partial charge < -0.3 is 10.1 Å². The first kappa shape index (κ1) is 16.6. The largest absolute Gasteiger partial charge is 0.456 e. The van der Waals surface area contributed by atoms with Crippen LogP contribution >= 0.6 is 23.2 Å². The zero-order valence-electron chi connectivity index (χ0n) is 12.7. The zero-order valence-corrected chi connectivity index (χ0v) is 14.2. The lowest BCUT2D eigenvalue weighted by atomic mass is 9.86. The van der Waals surface area contributed by atoms with Crippen LogP contribution in [-0.4, -0.2) is 18.5 Å². The summed E-state index contributed by atoms with van der Waals surface area (Å²) >= 11 is 11.9. The number of hydrogen-bond acceptors (Lipinski definition) is 3. The highest BCUT2D eigenvalue weighted by Crippen LogP contribution is 2.49. The van der Waals surface area contributed by atoms with E-state index in [1.165, 1.54) is 19.3 Å². The van der Waals surface area contributed by atoms with Crippen LogP contribution < -0.4 is 5.32 Å². The number of carbonyl (C=O) groups is 2. The van der Waals surface area contributed by atoms with Crippen LogP contribution in [0.3, 0.4) is 0 Å². The summed E-state index contributed by atoms with van der Waals surface area (Å²) in [6, 6.07) is 4.96. The third-order valence-electron chi connectivity index (χ3n) is 4.90. The van der Waals surface area contributed by atoms with Crippen LogP contribution in [0.1, 0.15) is 32.1 Å². The van der Waals surface area contributed by atoms with Crippen LogP contribution in [0, 0.1) is 17.8 Å². The Balaban J connectivity index is 1.43. The van der Waals surface area contributed by atoms with E-state index in [0.717, 1.165) is 12.3 Å². The highest BCUT2D eigenvalue weighted by Gasteiger charge is 2.40. The van der Waals surface area contributed by atoms with Crippen molar-refractivity contribution < 1.29 is 14.3 Å². The molecule has 1 N–H and O–H groups in total. The predicted octanol–water partition coefficient (Wildman–Crippen LogP) is 4.30. The van der Waals surface area contributed by atoms with Gasteiger partial charge in [0.05, 0.1) is 15.7 Å². The minimum Gasteiger partial charge on any atom is -0.456 e. The second kappa shape index (κ2) is 7.10. The molecule has 0 aliphatic heterocycles. The Morgan fingerprint density at radius 2 is 2.04 bits per heavy atom. The van der Waals surface area contributed by atoms with Crippen molar-refractivity contribution in [2.45, 2.75) is 32.1 Å². The summed E-state index contributed by atoms with van der Waals surface area (Å²) in [5.41, 5.74) is 0.410. The fourth-order valence-electron chi connectivity index (χ4n) is 3.83. The summed E-state index contributed by atoms with van der Waals surface area (Å²) in [4.78, 5) is 23.8. The lowest BCUT2D eigenvalue weighted by Gasteiger charge is -2.20. The van der Waals surface area contributed by atoms with Crippen molar-refractivity contribution in [2.24, 2.45) is 17.8 Å². The summed E-state index contributed by atoms with van der Waals surface area (Å²) < 4.78 is 5.09. The molecule has 3 atom stereocenters. The van der Waals surface area contributed by atoms with E-state index in [9.17, 15) is 9.59 Å². The van der Waals surface area contributed by atoms with E-state index < -0.39 is 5.91 Å². The van der Waals surface area contributed by atoms with Gasteiger partial charge >= 0.3 is 5.97 Å². The number of esters is 1. The van der Waals surface area contributed by atoms with E-state index in [1.807, 2.05) is 0 Å². The van der Waals surface area contributed by atoms with Crippen molar-refractivity contribution in [1.29, 1.82) is 0 Å². The molecule has 23 heavy (non-hydrogen) atoms.